The van der Waals surface area contributed by atoms with E-state index in [0.717, 1.165) is 40.6 Å². The van der Waals surface area contributed by atoms with E-state index in [1.54, 1.807) is 11.0 Å². The van der Waals surface area contributed by atoms with Gasteiger partial charge in [-0.1, -0.05) is 48.0 Å². The van der Waals surface area contributed by atoms with Crippen molar-refractivity contribution in [2.45, 2.75) is 26.4 Å². The number of hydrogen-bond acceptors (Lipinski definition) is 5. The molecule has 2 aliphatic heterocycles. The molecular formula is C24H24N2O4S. The average molecular weight is 437 g/mol. The summed E-state index contributed by atoms with van der Waals surface area (Å²) in [5, 5.41) is -0.415. The Morgan fingerprint density at radius 1 is 1.10 bits per heavy atom. The Balaban J connectivity index is 1.47. The lowest BCUT2D eigenvalue weighted by Gasteiger charge is -2.18. The van der Waals surface area contributed by atoms with E-state index >= 15 is 0 Å². The minimum atomic E-state index is -0.434. The normalized spacial score (nSPS) is 17.6. The molecule has 2 fully saturated rings. The fraction of sp³-hybridized carbons (Fsp3) is 0.292. The number of para-hydroxylation sites is 1. The number of benzene rings is 2. The zero-order valence-corrected chi connectivity index (χ0v) is 18.2. The fourth-order valence-corrected chi connectivity index (χ4v) is 4.50. The van der Waals surface area contributed by atoms with E-state index < -0.39 is 11.1 Å². The van der Waals surface area contributed by atoms with Gasteiger partial charge >= 0.3 is 0 Å². The zero-order valence-electron chi connectivity index (χ0n) is 17.4. The molecule has 6 nitrogen and oxygen atoms in total. The summed E-state index contributed by atoms with van der Waals surface area (Å²) in [6.07, 6.45) is 3.59. The lowest BCUT2D eigenvalue weighted by molar-refractivity contribution is -0.135. The minimum Gasteiger partial charge on any atom is -0.488 e. The number of nitrogens with zero attached hydrogens (tertiary/aromatic N) is 2. The molecule has 2 saturated heterocycles. The molecular weight excluding hydrogens is 412 g/mol. The lowest BCUT2D eigenvalue weighted by atomic mass is 10.1. The van der Waals surface area contributed by atoms with Gasteiger partial charge in [0.25, 0.3) is 11.1 Å². The van der Waals surface area contributed by atoms with E-state index in [1.807, 2.05) is 49.4 Å². The second-order valence-electron chi connectivity index (χ2n) is 7.67. The standard InChI is InChI=1S/C24H24N2O4S/c1-17-7-6-8-18(13-17)16-30-20-10-3-2-9-19(20)14-21-23(28)26(24(29)31-21)15-22(27)25-11-4-5-12-25/h2-3,6-10,13-14H,4-5,11-12,15-16H2,1H3/b21-14-. The van der Waals surface area contributed by atoms with Crippen LogP contribution in [0, 0.1) is 6.92 Å². The highest BCUT2D eigenvalue weighted by Crippen LogP contribution is 2.34. The molecule has 0 atom stereocenters. The van der Waals surface area contributed by atoms with Crippen molar-refractivity contribution in [1.82, 2.24) is 9.80 Å². The minimum absolute atomic E-state index is 0.178. The van der Waals surface area contributed by atoms with Crippen molar-refractivity contribution >= 4 is 34.9 Å². The number of likely N-dealkylation sites (tertiary alicyclic amines) is 1. The molecule has 160 valence electrons. The zero-order chi connectivity index (χ0) is 21.8. The highest BCUT2D eigenvalue weighted by molar-refractivity contribution is 8.18. The third-order valence-electron chi connectivity index (χ3n) is 5.31. The number of hydrogen-bond donors (Lipinski definition) is 0. The Bertz CT molecular complexity index is 1040. The van der Waals surface area contributed by atoms with Crippen molar-refractivity contribution in [2.24, 2.45) is 0 Å². The van der Waals surface area contributed by atoms with Gasteiger partial charge in [0.15, 0.2) is 0 Å². The smallest absolute Gasteiger partial charge is 0.294 e. The first-order valence-corrected chi connectivity index (χ1v) is 11.1. The summed E-state index contributed by atoms with van der Waals surface area (Å²) in [6, 6.07) is 15.5. The van der Waals surface area contributed by atoms with Crippen LogP contribution in [0.4, 0.5) is 4.79 Å². The molecule has 0 aromatic heterocycles. The van der Waals surface area contributed by atoms with Gasteiger partial charge < -0.3 is 9.64 Å². The highest BCUT2D eigenvalue weighted by Gasteiger charge is 2.37. The van der Waals surface area contributed by atoms with Gasteiger partial charge in [0.05, 0.1) is 4.91 Å². The summed E-state index contributed by atoms with van der Waals surface area (Å²) in [6.45, 7) is 3.61. The van der Waals surface area contributed by atoms with Gasteiger partial charge in [0.1, 0.15) is 18.9 Å². The van der Waals surface area contributed by atoms with E-state index in [0.29, 0.717) is 35.9 Å². The van der Waals surface area contributed by atoms with Crippen molar-refractivity contribution in [3.05, 3.63) is 70.1 Å². The molecule has 0 spiro atoms. The number of carbonyl (C=O) groups is 3. The molecule has 31 heavy (non-hydrogen) atoms. The summed E-state index contributed by atoms with van der Waals surface area (Å²) in [7, 11) is 0. The number of rotatable bonds is 6. The summed E-state index contributed by atoms with van der Waals surface area (Å²) in [5.74, 6) is 0.0166. The van der Waals surface area contributed by atoms with Crippen molar-refractivity contribution in [3.8, 4) is 5.75 Å². The summed E-state index contributed by atoms with van der Waals surface area (Å²) in [4.78, 5) is 40.6. The van der Waals surface area contributed by atoms with Gasteiger partial charge in [0, 0.05) is 18.7 Å². The quantitative estimate of drug-likeness (QED) is 0.634. The van der Waals surface area contributed by atoms with Crippen molar-refractivity contribution < 1.29 is 19.1 Å². The van der Waals surface area contributed by atoms with E-state index in [2.05, 4.69) is 6.07 Å². The molecule has 0 unspecified atom stereocenters. The predicted octanol–water partition coefficient (Wildman–Crippen LogP) is 4.23. The Hall–Kier alpha value is -3.06. The van der Waals surface area contributed by atoms with E-state index in [9.17, 15) is 14.4 Å². The highest BCUT2D eigenvalue weighted by atomic mass is 32.2. The van der Waals surface area contributed by atoms with Crippen LogP contribution in [0.15, 0.2) is 53.4 Å². The second kappa shape index (κ2) is 9.39. The van der Waals surface area contributed by atoms with E-state index in [4.69, 9.17) is 4.74 Å². The van der Waals surface area contributed by atoms with Gasteiger partial charge in [0.2, 0.25) is 5.91 Å². The molecule has 0 bridgehead atoms. The van der Waals surface area contributed by atoms with Crippen LogP contribution in [0.5, 0.6) is 5.75 Å². The van der Waals surface area contributed by atoms with E-state index in [-0.39, 0.29) is 12.5 Å². The molecule has 2 heterocycles. The Morgan fingerprint density at radius 3 is 2.65 bits per heavy atom. The molecule has 2 aliphatic rings. The van der Waals surface area contributed by atoms with Crippen LogP contribution in [0.3, 0.4) is 0 Å². The van der Waals surface area contributed by atoms with Gasteiger partial charge in [-0.25, -0.2) is 0 Å². The van der Waals surface area contributed by atoms with Crippen LogP contribution in [-0.2, 0) is 16.2 Å². The molecule has 7 heteroatoms. The van der Waals surface area contributed by atoms with Crippen LogP contribution in [-0.4, -0.2) is 46.5 Å². The third-order valence-corrected chi connectivity index (χ3v) is 6.22. The molecule has 0 N–H and O–H groups in total. The van der Waals surface area contributed by atoms with Crippen LogP contribution < -0.4 is 4.74 Å². The molecule has 0 saturated carbocycles. The maximum absolute atomic E-state index is 12.8. The first-order chi connectivity index (χ1) is 15.0. The first-order valence-electron chi connectivity index (χ1n) is 10.3. The number of aryl methyl sites for hydroxylation is 1. The molecule has 0 radical (unpaired) electrons. The predicted molar refractivity (Wildman–Crippen MR) is 120 cm³/mol. The Morgan fingerprint density at radius 2 is 1.87 bits per heavy atom. The molecule has 0 aliphatic carbocycles. The molecule has 2 aromatic rings. The van der Waals surface area contributed by atoms with Crippen molar-refractivity contribution in [2.75, 3.05) is 19.6 Å². The number of ether oxygens (including phenoxy) is 1. The van der Waals surface area contributed by atoms with Crippen LogP contribution in [0.25, 0.3) is 6.08 Å². The number of carbonyl (C=O) groups excluding carboxylic acids is 3. The van der Waals surface area contributed by atoms with Crippen molar-refractivity contribution in [1.29, 1.82) is 0 Å². The lowest BCUT2D eigenvalue weighted by Crippen LogP contribution is -2.40. The van der Waals surface area contributed by atoms with Crippen LogP contribution in [0.1, 0.15) is 29.5 Å². The summed E-state index contributed by atoms with van der Waals surface area (Å²) in [5.41, 5.74) is 2.92. The van der Waals surface area contributed by atoms with Gasteiger partial charge in [-0.3, -0.25) is 19.3 Å². The third kappa shape index (κ3) is 4.99. The van der Waals surface area contributed by atoms with Crippen molar-refractivity contribution in [3.63, 3.8) is 0 Å². The number of thioether (sulfide) groups is 1. The number of imide groups is 1. The molecule has 4 rings (SSSR count). The SMILES string of the molecule is Cc1cccc(COc2ccccc2/C=C2\SC(=O)N(CC(=O)N3CCCC3)C2=O)c1. The van der Waals surface area contributed by atoms with Gasteiger partial charge in [-0.05, 0) is 49.2 Å². The van der Waals surface area contributed by atoms with Crippen LogP contribution in [0.2, 0.25) is 0 Å². The maximum atomic E-state index is 12.8. The average Bonchev–Trinajstić information content (AvgIpc) is 3.38. The second-order valence-corrected chi connectivity index (χ2v) is 8.66. The largest absolute Gasteiger partial charge is 0.488 e. The maximum Gasteiger partial charge on any atom is 0.294 e. The summed E-state index contributed by atoms with van der Waals surface area (Å²) >= 11 is 0.859. The van der Waals surface area contributed by atoms with E-state index in [1.165, 1.54) is 0 Å². The summed E-state index contributed by atoms with van der Waals surface area (Å²) < 4.78 is 5.99. The molecule has 3 amide bonds. The monoisotopic (exact) mass is 436 g/mol. The van der Waals surface area contributed by atoms with Gasteiger partial charge in [-0.2, -0.15) is 0 Å². The topological polar surface area (TPSA) is 66.9 Å². The van der Waals surface area contributed by atoms with Crippen LogP contribution >= 0.6 is 11.8 Å². The molecule has 2 aromatic carbocycles. The Labute approximate surface area is 185 Å². The number of amides is 3. The first kappa shape index (κ1) is 21.2. The Kier molecular flexibility index (Phi) is 6.42. The van der Waals surface area contributed by atoms with Gasteiger partial charge in [-0.15, -0.1) is 0 Å². The fourth-order valence-electron chi connectivity index (χ4n) is 3.67.